The molecule has 106 valence electrons. The van der Waals surface area contributed by atoms with Crippen LogP contribution in [-0.2, 0) is 18.3 Å². The van der Waals surface area contributed by atoms with Gasteiger partial charge in [0.05, 0.1) is 5.69 Å². The summed E-state index contributed by atoms with van der Waals surface area (Å²) in [4.78, 5) is 12.2. The van der Waals surface area contributed by atoms with Gasteiger partial charge in [-0.2, -0.15) is 5.10 Å². The molecule has 1 atom stereocenters. The van der Waals surface area contributed by atoms with Crippen molar-refractivity contribution in [1.82, 2.24) is 15.1 Å². The van der Waals surface area contributed by atoms with E-state index >= 15 is 0 Å². The fourth-order valence-electron chi connectivity index (χ4n) is 2.70. The molecule has 1 aromatic heterocycles. The molecule has 1 unspecified atom stereocenters. The maximum atomic E-state index is 12.2. The molecule has 1 heterocycles. The van der Waals surface area contributed by atoms with E-state index in [1.165, 1.54) is 19.3 Å². The molecule has 2 rings (SSSR count). The summed E-state index contributed by atoms with van der Waals surface area (Å²) >= 11 is 6.31. The molecule has 1 amide bonds. The van der Waals surface area contributed by atoms with Crippen molar-refractivity contribution in [2.75, 3.05) is 0 Å². The first-order valence-electron chi connectivity index (χ1n) is 7.08. The molecule has 4 nitrogen and oxygen atoms in total. The fourth-order valence-corrected chi connectivity index (χ4v) is 2.95. The molecule has 1 fully saturated rings. The Morgan fingerprint density at radius 2 is 2.21 bits per heavy atom. The molecule has 0 bridgehead atoms. The van der Waals surface area contributed by atoms with E-state index in [4.69, 9.17) is 11.6 Å². The molecule has 19 heavy (non-hydrogen) atoms. The van der Waals surface area contributed by atoms with Gasteiger partial charge in [-0.15, -0.1) is 11.6 Å². The zero-order valence-electron chi connectivity index (χ0n) is 11.7. The Labute approximate surface area is 119 Å². The Morgan fingerprint density at radius 3 is 2.84 bits per heavy atom. The van der Waals surface area contributed by atoms with Crippen molar-refractivity contribution in [3.05, 3.63) is 17.5 Å². The standard InChI is InChI=1S/C14H22ClN3O/c1-3-12-11(9-18(2)17-12)13(15)14(19)16-10-7-5-4-6-8-10/h9-10,13H,3-8H2,1-2H3,(H,16,19). The summed E-state index contributed by atoms with van der Waals surface area (Å²) < 4.78 is 1.72. The zero-order valence-corrected chi connectivity index (χ0v) is 12.4. The lowest BCUT2D eigenvalue weighted by Crippen LogP contribution is -2.38. The van der Waals surface area contributed by atoms with Crippen molar-refractivity contribution in [1.29, 1.82) is 0 Å². The highest BCUT2D eigenvalue weighted by molar-refractivity contribution is 6.30. The highest BCUT2D eigenvalue weighted by atomic mass is 35.5. The maximum absolute atomic E-state index is 12.2. The summed E-state index contributed by atoms with van der Waals surface area (Å²) in [6, 6.07) is 0.296. The third-order valence-electron chi connectivity index (χ3n) is 3.73. The second kappa shape index (κ2) is 6.42. The number of aryl methyl sites for hydroxylation is 2. The summed E-state index contributed by atoms with van der Waals surface area (Å²) in [5, 5.41) is 6.77. The lowest BCUT2D eigenvalue weighted by Gasteiger charge is -2.23. The average Bonchev–Trinajstić information content (AvgIpc) is 2.80. The smallest absolute Gasteiger partial charge is 0.242 e. The number of rotatable bonds is 4. The number of carbonyl (C=O) groups excluding carboxylic acids is 1. The topological polar surface area (TPSA) is 46.9 Å². The molecule has 1 aromatic rings. The minimum atomic E-state index is -0.634. The Hall–Kier alpha value is -1.03. The van der Waals surface area contributed by atoms with Gasteiger partial charge in [-0.1, -0.05) is 26.2 Å². The van der Waals surface area contributed by atoms with Crippen LogP contribution in [0.5, 0.6) is 0 Å². The number of hydrogen-bond donors (Lipinski definition) is 1. The summed E-state index contributed by atoms with van der Waals surface area (Å²) in [6.45, 7) is 2.02. The number of aromatic nitrogens is 2. The largest absolute Gasteiger partial charge is 0.352 e. The Balaban J connectivity index is 2.01. The van der Waals surface area contributed by atoms with Crippen LogP contribution >= 0.6 is 11.6 Å². The monoisotopic (exact) mass is 283 g/mol. The summed E-state index contributed by atoms with van der Waals surface area (Å²) in [6.07, 6.45) is 8.45. The Bertz CT molecular complexity index is 438. The second-order valence-electron chi connectivity index (χ2n) is 5.26. The molecule has 1 N–H and O–H groups in total. The fraction of sp³-hybridized carbons (Fsp3) is 0.714. The van der Waals surface area contributed by atoms with Crippen LogP contribution in [0.2, 0.25) is 0 Å². The van der Waals surface area contributed by atoms with Gasteiger partial charge in [-0.3, -0.25) is 9.48 Å². The van der Waals surface area contributed by atoms with Crippen LogP contribution in [0, 0.1) is 0 Å². The number of carbonyl (C=O) groups is 1. The molecule has 0 aromatic carbocycles. The van der Waals surface area contributed by atoms with E-state index < -0.39 is 5.38 Å². The van der Waals surface area contributed by atoms with E-state index in [-0.39, 0.29) is 5.91 Å². The van der Waals surface area contributed by atoms with Crippen LogP contribution < -0.4 is 5.32 Å². The first-order chi connectivity index (χ1) is 9.11. The number of alkyl halides is 1. The van der Waals surface area contributed by atoms with E-state index in [1.807, 2.05) is 20.2 Å². The van der Waals surface area contributed by atoms with Gasteiger partial charge in [0.25, 0.3) is 0 Å². The first-order valence-corrected chi connectivity index (χ1v) is 7.52. The number of nitrogens with zero attached hydrogens (tertiary/aromatic N) is 2. The summed E-state index contributed by atoms with van der Waals surface area (Å²) in [7, 11) is 1.85. The van der Waals surface area contributed by atoms with Crippen LogP contribution in [0.3, 0.4) is 0 Å². The minimum Gasteiger partial charge on any atom is -0.352 e. The minimum absolute atomic E-state index is 0.0868. The summed E-state index contributed by atoms with van der Waals surface area (Å²) in [5.41, 5.74) is 1.74. The van der Waals surface area contributed by atoms with Gasteiger partial charge < -0.3 is 5.32 Å². The number of amides is 1. The lowest BCUT2D eigenvalue weighted by atomic mass is 9.95. The van der Waals surface area contributed by atoms with E-state index in [0.29, 0.717) is 6.04 Å². The molecule has 0 aliphatic heterocycles. The van der Waals surface area contributed by atoms with Crippen LogP contribution in [0.15, 0.2) is 6.20 Å². The molecule has 1 aliphatic carbocycles. The van der Waals surface area contributed by atoms with Crippen LogP contribution in [0.1, 0.15) is 55.7 Å². The SMILES string of the molecule is CCc1nn(C)cc1C(Cl)C(=O)NC1CCCCC1. The highest BCUT2D eigenvalue weighted by Gasteiger charge is 2.25. The van der Waals surface area contributed by atoms with Crippen LogP contribution in [0.4, 0.5) is 0 Å². The predicted molar refractivity (Wildman–Crippen MR) is 76.2 cm³/mol. The molecular weight excluding hydrogens is 262 g/mol. The van der Waals surface area contributed by atoms with Gasteiger partial charge in [0, 0.05) is 24.8 Å². The molecule has 0 radical (unpaired) electrons. The Kier molecular flexibility index (Phi) is 4.86. The van der Waals surface area contributed by atoms with Gasteiger partial charge in [-0.05, 0) is 19.3 Å². The maximum Gasteiger partial charge on any atom is 0.242 e. The number of hydrogen-bond acceptors (Lipinski definition) is 2. The number of nitrogens with one attached hydrogen (secondary N) is 1. The molecule has 1 saturated carbocycles. The summed E-state index contributed by atoms with van der Waals surface area (Å²) in [5.74, 6) is -0.0868. The Morgan fingerprint density at radius 1 is 1.53 bits per heavy atom. The lowest BCUT2D eigenvalue weighted by molar-refractivity contribution is -0.121. The zero-order chi connectivity index (χ0) is 13.8. The van der Waals surface area contributed by atoms with Crippen molar-refractivity contribution in [2.24, 2.45) is 7.05 Å². The van der Waals surface area contributed by atoms with Gasteiger partial charge in [-0.25, -0.2) is 0 Å². The molecule has 0 spiro atoms. The van der Waals surface area contributed by atoms with E-state index in [2.05, 4.69) is 10.4 Å². The first kappa shape index (κ1) is 14.4. The number of halogens is 1. The molecule has 0 saturated heterocycles. The van der Waals surface area contributed by atoms with E-state index in [0.717, 1.165) is 30.5 Å². The van der Waals surface area contributed by atoms with Gasteiger partial charge in [0.15, 0.2) is 0 Å². The van der Waals surface area contributed by atoms with Gasteiger partial charge in [0.2, 0.25) is 5.91 Å². The van der Waals surface area contributed by atoms with Crippen molar-refractivity contribution in [2.45, 2.75) is 56.9 Å². The van der Waals surface area contributed by atoms with Crippen LogP contribution in [0.25, 0.3) is 0 Å². The third-order valence-corrected chi connectivity index (χ3v) is 4.16. The molecular formula is C14H22ClN3O. The van der Waals surface area contributed by atoms with Gasteiger partial charge >= 0.3 is 0 Å². The molecule has 5 heteroatoms. The second-order valence-corrected chi connectivity index (χ2v) is 5.70. The average molecular weight is 284 g/mol. The highest BCUT2D eigenvalue weighted by Crippen LogP contribution is 2.25. The van der Waals surface area contributed by atoms with Crippen LogP contribution in [-0.4, -0.2) is 21.7 Å². The van der Waals surface area contributed by atoms with Crippen molar-refractivity contribution in [3.63, 3.8) is 0 Å². The quantitative estimate of drug-likeness (QED) is 0.864. The van der Waals surface area contributed by atoms with Crippen molar-refractivity contribution < 1.29 is 4.79 Å². The normalized spacial score (nSPS) is 18.3. The van der Waals surface area contributed by atoms with Gasteiger partial charge in [0.1, 0.15) is 5.38 Å². The van der Waals surface area contributed by atoms with Crippen molar-refractivity contribution in [3.8, 4) is 0 Å². The van der Waals surface area contributed by atoms with E-state index in [9.17, 15) is 4.79 Å². The third kappa shape index (κ3) is 3.50. The van der Waals surface area contributed by atoms with Crippen molar-refractivity contribution >= 4 is 17.5 Å². The molecule has 1 aliphatic rings. The van der Waals surface area contributed by atoms with E-state index in [1.54, 1.807) is 4.68 Å². The predicted octanol–water partition coefficient (Wildman–Crippen LogP) is 2.71.